The number of nitriles is 1. The van der Waals surface area contributed by atoms with E-state index in [4.69, 9.17) is 5.26 Å². The Morgan fingerprint density at radius 2 is 2.36 bits per heavy atom. The molecule has 1 aliphatic heterocycles. The number of carbonyl (C=O) groups excluding carboxylic acids is 2. The highest BCUT2D eigenvalue weighted by atomic mass is 16.2. The van der Waals surface area contributed by atoms with Crippen molar-refractivity contribution in [2.24, 2.45) is 0 Å². The van der Waals surface area contributed by atoms with E-state index in [9.17, 15) is 9.59 Å². The van der Waals surface area contributed by atoms with Gasteiger partial charge in [-0.3, -0.25) is 14.5 Å². The molecule has 76 valence electrons. The maximum absolute atomic E-state index is 11.5. The second kappa shape index (κ2) is 4.72. The Bertz CT molecular complexity index is 282. The van der Waals surface area contributed by atoms with Crippen molar-refractivity contribution in [1.82, 2.24) is 10.2 Å². The second-order valence-corrected chi connectivity index (χ2v) is 3.24. The third kappa shape index (κ3) is 2.30. The van der Waals surface area contributed by atoms with Crippen LogP contribution in [0.25, 0.3) is 0 Å². The molecule has 1 rings (SSSR count). The fourth-order valence-corrected chi connectivity index (χ4v) is 1.41. The van der Waals surface area contributed by atoms with Crippen molar-refractivity contribution in [2.75, 3.05) is 13.6 Å². The molecule has 0 aromatic carbocycles. The summed E-state index contributed by atoms with van der Waals surface area (Å²) in [6.45, 7) is 0.495. The molecule has 0 aromatic rings. The molecule has 1 fully saturated rings. The average molecular weight is 195 g/mol. The van der Waals surface area contributed by atoms with Crippen molar-refractivity contribution in [3.05, 3.63) is 0 Å². The summed E-state index contributed by atoms with van der Waals surface area (Å²) in [4.78, 5) is 23.7. The van der Waals surface area contributed by atoms with E-state index in [-0.39, 0.29) is 17.9 Å². The van der Waals surface area contributed by atoms with Crippen LogP contribution in [-0.4, -0.2) is 36.3 Å². The van der Waals surface area contributed by atoms with Gasteiger partial charge in [-0.1, -0.05) is 0 Å². The van der Waals surface area contributed by atoms with Crippen LogP contribution in [0.1, 0.15) is 19.3 Å². The molecule has 2 amide bonds. The van der Waals surface area contributed by atoms with Gasteiger partial charge >= 0.3 is 0 Å². The number of amides is 2. The Morgan fingerprint density at radius 1 is 1.64 bits per heavy atom. The van der Waals surface area contributed by atoms with Crippen LogP contribution in [-0.2, 0) is 9.59 Å². The van der Waals surface area contributed by atoms with Crippen LogP contribution < -0.4 is 5.32 Å². The van der Waals surface area contributed by atoms with Gasteiger partial charge in [0, 0.05) is 26.4 Å². The van der Waals surface area contributed by atoms with Crippen LogP contribution in [0.4, 0.5) is 0 Å². The van der Waals surface area contributed by atoms with Crippen molar-refractivity contribution in [3.8, 4) is 6.07 Å². The number of likely N-dealkylation sites (N-methyl/N-ethyl adjacent to an activating group) is 1. The molecule has 5 nitrogen and oxygen atoms in total. The third-order valence-corrected chi connectivity index (χ3v) is 2.28. The van der Waals surface area contributed by atoms with Crippen LogP contribution in [0, 0.1) is 11.3 Å². The van der Waals surface area contributed by atoms with Crippen molar-refractivity contribution in [2.45, 2.75) is 25.3 Å². The van der Waals surface area contributed by atoms with Crippen molar-refractivity contribution in [1.29, 1.82) is 5.26 Å². The van der Waals surface area contributed by atoms with Crippen LogP contribution in [0.15, 0.2) is 0 Å². The number of hydrogen-bond acceptors (Lipinski definition) is 4. The zero-order valence-electron chi connectivity index (χ0n) is 8.12. The van der Waals surface area contributed by atoms with Gasteiger partial charge in [0.1, 0.15) is 0 Å². The van der Waals surface area contributed by atoms with Crippen LogP contribution in [0.5, 0.6) is 0 Å². The summed E-state index contributed by atoms with van der Waals surface area (Å²) in [7, 11) is 1.49. The topological polar surface area (TPSA) is 73.2 Å². The van der Waals surface area contributed by atoms with E-state index in [1.54, 1.807) is 0 Å². The molecule has 0 spiro atoms. The monoisotopic (exact) mass is 195 g/mol. The van der Waals surface area contributed by atoms with E-state index in [1.165, 1.54) is 7.05 Å². The van der Waals surface area contributed by atoms with Gasteiger partial charge in [0.05, 0.1) is 12.1 Å². The predicted octanol–water partition coefficient (Wildman–Crippen LogP) is -0.363. The fraction of sp³-hybridized carbons (Fsp3) is 0.667. The molecule has 1 heterocycles. The highest BCUT2D eigenvalue weighted by molar-refractivity contribution is 6.00. The molecule has 1 N–H and O–H groups in total. The Hall–Kier alpha value is -1.41. The van der Waals surface area contributed by atoms with Crippen LogP contribution in [0.3, 0.4) is 0 Å². The quantitative estimate of drug-likeness (QED) is 0.493. The molecule has 0 saturated carbocycles. The number of carbonyl (C=O) groups is 2. The van der Waals surface area contributed by atoms with E-state index >= 15 is 0 Å². The third-order valence-electron chi connectivity index (χ3n) is 2.28. The largest absolute Gasteiger partial charge is 0.305 e. The molecule has 0 bridgehead atoms. The fourth-order valence-electron chi connectivity index (χ4n) is 1.41. The molecule has 0 radical (unpaired) electrons. The summed E-state index contributed by atoms with van der Waals surface area (Å²) in [5.41, 5.74) is 0. The number of likely N-dealkylation sites (tertiary alicyclic amines) is 1. The minimum absolute atomic E-state index is 0.131. The SMILES string of the molecule is CN1C(=O)CCC(NCCC#N)C1=O. The molecule has 0 aliphatic carbocycles. The maximum Gasteiger partial charge on any atom is 0.246 e. The van der Waals surface area contributed by atoms with Crippen molar-refractivity contribution in [3.63, 3.8) is 0 Å². The molecular weight excluding hydrogens is 182 g/mol. The van der Waals surface area contributed by atoms with Gasteiger partial charge in [-0.15, -0.1) is 0 Å². The molecule has 1 aliphatic rings. The molecule has 5 heteroatoms. The summed E-state index contributed by atoms with van der Waals surface area (Å²) in [5, 5.41) is 11.3. The lowest BCUT2D eigenvalue weighted by Crippen LogP contribution is -2.51. The zero-order chi connectivity index (χ0) is 10.6. The summed E-state index contributed by atoms with van der Waals surface area (Å²) in [6.07, 6.45) is 1.31. The number of nitrogens with zero attached hydrogens (tertiary/aromatic N) is 2. The number of rotatable bonds is 3. The van der Waals surface area contributed by atoms with Gasteiger partial charge in [-0.25, -0.2) is 0 Å². The lowest BCUT2D eigenvalue weighted by Gasteiger charge is -2.27. The average Bonchev–Trinajstić information content (AvgIpc) is 2.18. The van der Waals surface area contributed by atoms with E-state index < -0.39 is 0 Å². The van der Waals surface area contributed by atoms with Gasteiger partial charge in [0.15, 0.2) is 0 Å². The van der Waals surface area contributed by atoms with E-state index in [1.807, 2.05) is 6.07 Å². The number of hydrogen-bond donors (Lipinski definition) is 1. The van der Waals surface area contributed by atoms with Gasteiger partial charge in [0.2, 0.25) is 11.8 Å². The second-order valence-electron chi connectivity index (χ2n) is 3.24. The Labute approximate surface area is 82.7 Å². The minimum atomic E-state index is -0.300. The Kier molecular flexibility index (Phi) is 3.60. The van der Waals surface area contributed by atoms with E-state index in [0.717, 1.165) is 4.90 Å². The molecule has 0 aromatic heterocycles. The molecule has 1 atom stereocenters. The number of nitrogens with one attached hydrogen (secondary N) is 1. The normalized spacial score (nSPS) is 22.3. The lowest BCUT2D eigenvalue weighted by molar-refractivity contribution is -0.148. The molecule has 14 heavy (non-hydrogen) atoms. The Morgan fingerprint density at radius 3 is 3.00 bits per heavy atom. The first-order valence-electron chi connectivity index (χ1n) is 4.57. The van der Waals surface area contributed by atoms with Gasteiger partial charge < -0.3 is 5.32 Å². The summed E-state index contributed by atoms with van der Waals surface area (Å²) in [6, 6.07) is 1.69. The first kappa shape index (κ1) is 10.7. The first-order valence-corrected chi connectivity index (χ1v) is 4.57. The van der Waals surface area contributed by atoms with Crippen molar-refractivity contribution >= 4 is 11.8 Å². The van der Waals surface area contributed by atoms with Gasteiger partial charge in [-0.2, -0.15) is 5.26 Å². The highest BCUT2D eigenvalue weighted by Gasteiger charge is 2.30. The standard InChI is InChI=1S/C9H13N3O2/c1-12-8(13)4-3-7(9(12)14)11-6-2-5-10/h7,11H,2-4,6H2,1H3. The molecular formula is C9H13N3O2. The summed E-state index contributed by atoms with van der Waals surface area (Å²) >= 11 is 0. The van der Waals surface area contributed by atoms with Gasteiger partial charge in [-0.05, 0) is 6.42 Å². The summed E-state index contributed by atoms with van der Waals surface area (Å²) in [5.74, 6) is -0.326. The van der Waals surface area contributed by atoms with Gasteiger partial charge in [0.25, 0.3) is 0 Å². The number of piperidine rings is 1. The molecule has 1 saturated heterocycles. The minimum Gasteiger partial charge on any atom is -0.305 e. The highest BCUT2D eigenvalue weighted by Crippen LogP contribution is 2.10. The maximum atomic E-state index is 11.5. The van der Waals surface area contributed by atoms with Crippen LogP contribution in [0.2, 0.25) is 0 Å². The van der Waals surface area contributed by atoms with E-state index in [2.05, 4.69) is 5.32 Å². The van der Waals surface area contributed by atoms with Crippen molar-refractivity contribution < 1.29 is 9.59 Å². The van der Waals surface area contributed by atoms with Crippen LogP contribution >= 0.6 is 0 Å². The molecule has 1 unspecified atom stereocenters. The zero-order valence-corrected chi connectivity index (χ0v) is 8.12. The predicted molar refractivity (Wildman–Crippen MR) is 49.0 cm³/mol. The Balaban J connectivity index is 2.44. The first-order chi connectivity index (χ1) is 6.66. The lowest BCUT2D eigenvalue weighted by atomic mass is 10.0. The number of imide groups is 1. The van der Waals surface area contributed by atoms with E-state index in [0.29, 0.717) is 25.8 Å². The smallest absolute Gasteiger partial charge is 0.246 e. The summed E-state index contributed by atoms with van der Waals surface area (Å²) < 4.78 is 0.